The van der Waals surface area contributed by atoms with Gasteiger partial charge < -0.3 is 15.3 Å². The van der Waals surface area contributed by atoms with Crippen LogP contribution < -0.4 is 5.32 Å². The number of nitrogens with one attached hydrogen (secondary N) is 1. The van der Waals surface area contributed by atoms with Crippen LogP contribution in [-0.4, -0.2) is 40.1 Å². The molecule has 0 aromatic carbocycles. The molecule has 18 heavy (non-hydrogen) atoms. The molecule has 5 nitrogen and oxygen atoms in total. The predicted molar refractivity (Wildman–Crippen MR) is 68.0 cm³/mol. The fraction of sp³-hybridized carbons (Fsp3) is 0.692. The number of terminal acetylenes is 1. The molecule has 1 rings (SSSR count). The lowest BCUT2D eigenvalue weighted by Gasteiger charge is -2.34. The molecule has 100 valence electrons. The number of carbonyl (C=O) groups is 2. The van der Waals surface area contributed by atoms with Gasteiger partial charge in [0, 0.05) is 6.54 Å². The largest absolute Gasteiger partial charge is 0.479 e. The molecule has 0 aromatic rings. The standard InChI is InChI=1S/C13H20N2O3/c1-4-10(5-2)14-12(18)15-9-7-8-13(15,6-3)11(16)17/h1,10H,5-9H2,2-3H3,(H,14,18)(H,16,17). The smallest absolute Gasteiger partial charge is 0.329 e. The van der Waals surface area contributed by atoms with Gasteiger partial charge in [0.05, 0.1) is 6.04 Å². The first-order chi connectivity index (χ1) is 8.51. The minimum atomic E-state index is -1.07. The van der Waals surface area contributed by atoms with Crippen molar-refractivity contribution in [3.05, 3.63) is 0 Å². The van der Waals surface area contributed by atoms with Crippen LogP contribution >= 0.6 is 0 Å². The van der Waals surface area contributed by atoms with Crippen LogP contribution in [0.3, 0.4) is 0 Å². The Morgan fingerprint density at radius 3 is 2.67 bits per heavy atom. The molecule has 2 atom stereocenters. The molecule has 2 unspecified atom stereocenters. The quantitative estimate of drug-likeness (QED) is 0.744. The monoisotopic (exact) mass is 252 g/mol. The fourth-order valence-corrected chi connectivity index (χ4v) is 2.40. The number of hydrogen-bond donors (Lipinski definition) is 2. The number of carbonyl (C=O) groups excluding carboxylic acids is 1. The third-order valence-corrected chi connectivity index (χ3v) is 3.62. The lowest BCUT2D eigenvalue weighted by atomic mass is 9.93. The summed E-state index contributed by atoms with van der Waals surface area (Å²) in [5.41, 5.74) is -1.07. The van der Waals surface area contributed by atoms with E-state index in [-0.39, 0.29) is 12.1 Å². The summed E-state index contributed by atoms with van der Waals surface area (Å²) in [4.78, 5) is 25.0. The van der Waals surface area contributed by atoms with E-state index in [0.29, 0.717) is 32.2 Å². The van der Waals surface area contributed by atoms with E-state index in [1.54, 1.807) is 6.92 Å². The second-order valence-electron chi connectivity index (χ2n) is 4.52. The highest BCUT2D eigenvalue weighted by atomic mass is 16.4. The normalized spacial score (nSPS) is 24.4. The zero-order chi connectivity index (χ0) is 13.8. The average molecular weight is 252 g/mol. The van der Waals surface area contributed by atoms with Gasteiger partial charge in [0.25, 0.3) is 0 Å². The molecule has 0 aliphatic carbocycles. The predicted octanol–water partition coefficient (Wildman–Crippen LogP) is 1.44. The van der Waals surface area contributed by atoms with Gasteiger partial charge in [0.1, 0.15) is 5.54 Å². The highest BCUT2D eigenvalue weighted by molar-refractivity contribution is 5.87. The Kier molecular flexibility index (Phi) is 4.60. The van der Waals surface area contributed by atoms with Crippen molar-refractivity contribution in [2.75, 3.05) is 6.54 Å². The minimum Gasteiger partial charge on any atom is -0.479 e. The molecule has 0 aromatic heterocycles. The van der Waals surface area contributed by atoms with Crippen molar-refractivity contribution < 1.29 is 14.7 Å². The number of rotatable bonds is 4. The van der Waals surface area contributed by atoms with Gasteiger partial charge >= 0.3 is 12.0 Å². The maximum absolute atomic E-state index is 12.1. The van der Waals surface area contributed by atoms with Crippen molar-refractivity contribution in [3.8, 4) is 12.3 Å². The van der Waals surface area contributed by atoms with Crippen molar-refractivity contribution in [1.29, 1.82) is 0 Å². The summed E-state index contributed by atoms with van der Waals surface area (Å²) >= 11 is 0. The topological polar surface area (TPSA) is 69.6 Å². The van der Waals surface area contributed by atoms with Gasteiger partial charge in [0.15, 0.2) is 0 Å². The van der Waals surface area contributed by atoms with E-state index >= 15 is 0 Å². The molecule has 0 radical (unpaired) electrons. The SMILES string of the molecule is C#CC(CC)NC(=O)N1CCCC1(CC)C(=O)O. The molecule has 1 heterocycles. The maximum Gasteiger partial charge on any atom is 0.329 e. The molecular weight excluding hydrogens is 232 g/mol. The number of aliphatic carboxylic acids is 1. The number of carboxylic acid groups (broad SMARTS) is 1. The van der Waals surface area contributed by atoms with Crippen LogP contribution in [0.2, 0.25) is 0 Å². The number of hydrogen-bond acceptors (Lipinski definition) is 2. The van der Waals surface area contributed by atoms with Gasteiger partial charge in [-0.3, -0.25) is 0 Å². The first-order valence-electron chi connectivity index (χ1n) is 6.29. The summed E-state index contributed by atoms with van der Waals surface area (Å²) in [6.45, 7) is 4.13. The molecule has 0 saturated carbocycles. The lowest BCUT2D eigenvalue weighted by Crippen LogP contribution is -2.56. The van der Waals surface area contributed by atoms with E-state index in [2.05, 4.69) is 11.2 Å². The van der Waals surface area contributed by atoms with Crippen LogP contribution in [0.25, 0.3) is 0 Å². The van der Waals surface area contributed by atoms with Gasteiger partial charge in [0.2, 0.25) is 0 Å². The molecular formula is C13H20N2O3. The fourth-order valence-electron chi connectivity index (χ4n) is 2.40. The van der Waals surface area contributed by atoms with E-state index in [9.17, 15) is 14.7 Å². The van der Waals surface area contributed by atoms with Crippen LogP contribution in [0.15, 0.2) is 0 Å². The molecule has 1 saturated heterocycles. The van der Waals surface area contributed by atoms with E-state index in [4.69, 9.17) is 6.42 Å². The minimum absolute atomic E-state index is 0.346. The number of likely N-dealkylation sites (tertiary alicyclic amines) is 1. The molecule has 0 bridgehead atoms. The summed E-state index contributed by atoms with van der Waals surface area (Å²) in [5, 5.41) is 12.1. The van der Waals surface area contributed by atoms with Gasteiger partial charge in [-0.15, -0.1) is 6.42 Å². The first kappa shape index (κ1) is 14.4. The summed E-state index contributed by atoms with van der Waals surface area (Å²) in [6, 6.07) is -0.719. The maximum atomic E-state index is 12.1. The Labute approximate surface area is 108 Å². The van der Waals surface area contributed by atoms with Gasteiger partial charge in [-0.25, -0.2) is 9.59 Å². The van der Waals surface area contributed by atoms with Crippen molar-refractivity contribution >= 4 is 12.0 Å². The first-order valence-corrected chi connectivity index (χ1v) is 6.29. The Hall–Kier alpha value is -1.70. The zero-order valence-corrected chi connectivity index (χ0v) is 10.9. The molecule has 2 amide bonds. The summed E-state index contributed by atoms with van der Waals surface area (Å²) in [5.74, 6) is 1.54. The zero-order valence-electron chi connectivity index (χ0n) is 10.9. The van der Waals surface area contributed by atoms with Crippen molar-refractivity contribution in [2.45, 2.75) is 51.1 Å². The Morgan fingerprint density at radius 1 is 1.56 bits per heavy atom. The molecule has 1 aliphatic heterocycles. The molecule has 1 fully saturated rings. The average Bonchev–Trinajstić information content (AvgIpc) is 2.80. The van der Waals surface area contributed by atoms with Crippen LogP contribution in [-0.2, 0) is 4.79 Å². The van der Waals surface area contributed by atoms with Crippen LogP contribution in [0.4, 0.5) is 4.79 Å². The Morgan fingerprint density at radius 2 is 2.22 bits per heavy atom. The highest BCUT2D eigenvalue weighted by Gasteiger charge is 2.48. The second-order valence-corrected chi connectivity index (χ2v) is 4.52. The Bertz CT molecular complexity index is 375. The van der Waals surface area contributed by atoms with Crippen molar-refractivity contribution in [1.82, 2.24) is 10.2 Å². The molecule has 2 N–H and O–H groups in total. The number of amides is 2. The summed E-state index contributed by atoms with van der Waals surface area (Å²) in [7, 11) is 0. The van der Waals surface area contributed by atoms with E-state index in [0.717, 1.165) is 0 Å². The summed E-state index contributed by atoms with van der Waals surface area (Å²) in [6.07, 6.45) is 7.53. The van der Waals surface area contributed by atoms with Crippen LogP contribution in [0.1, 0.15) is 39.5 Å². The number of urea groups is 1. The highest BCUT2D eigenvalue weighted by Crippen LogP contribution is 2.32. The van der Waals surface area contributed by atoms with Crippen molar-refractivity contribution in [3.63, 3.8) is 0 Å². The van der Waals surface area contributed by atoms with Gasteiger partial charge in [-0.2, -0.15) is 0 Å². The van der Waals surface area contributed by atoms with E-state index in [1.165, 1.54) is 4.90 Å². The molecule has 0 spiro atoms. The van der Waals surface area contributed by atoms with Crippen molar-refractivity contribution in [2.24, 2.45) is 0 Å². The number of carboxylic acids is 1. The Balaban J connectivity index is 2.85. The summed E-state index contributed by atoms with van der Waals surface area (Å²) < 4.78 is 0. The van der Waals surface area contributed by atoms with Crippen LogP contribution in [0, 0.1) is 12.3 Å². The number of nitrogens with zero attached hydrogens (tertiary/aromatic N) is 1. The molecule has 5 heteroatoms. The van der Waals surface area contributed by atoms with Crippen LogP contribution in [0.5, 0.6) is 0 Å². The lowest BCUT2D eigenvalue weighted by molar-refractivity contribution is -0.148. The van der Waals surface area contributed by atoms with Gasteiger partial charge in [-0.1, -0.05) is 19.8 Å². The molecule has 1 aliphatic rings. The van der Waals surface area contributed by atoms with E-state index in [1.807, 2.05) is 6.92 Å². The van der Waals surface area contributed by atoms with Gasteiger partial charge in [-0.05, 0) is 25.7 Å². The third-order valence-electron chi connectivity index (χ3n) is 3.62. The second kappa shape index (κ2) is 5.76. The van der Waals surface area contributed by atoms with E-state index < -0.39 is 11.5 Å². The third kappa shape index (κ3) is 2.42.